The molecule has 6 heteroatoms. The van der Waals surface area contributed by atoms with Gasteiger partial charge < -0.3 is 9.47 Å². The largest absolute Gasteiger partial charge is 0.494 e. The summed E-state index contributed by atoms with van der Waals surface area (Å²) in [4.78, 5) is 12.3. The van der Waals surface area contributed by atoms with Crippen LogP contribution < -0.4 is 14.9 Å². The minimum atomic E-state index is -0.290. The van der Waals surface area contributed by atoms with Crippen LogP contribution in [0.3, 0.4) is 0 Å². The third-order valence-electron chi connectivity index (χ3n) is 4.19. The Labute approximate surface area is 184 Å². The normalized spacial score (nSPS) is 10.7. The molecule has 3 rings (SSSR count). The van der Waals surface area contributed by atoms with Gasteiger partial charge in [0, 0.05) is 15.6 Å². The molecule has 0 saturated heterocycles. The number of rotatable bonds is 9. The predicted molar refractivity (Wildman–Crippen MR) is 122 cm³/mol. The maximum absolute atomic E-state index is 12.3. The molecule has 0 fully saturated rings. The number of para-hydroxylation sites is 1. The van der Waals surface area contributed by atoms with Crippen LogP contribution in [0.15, 0.2) is 82.4 Å². The van der Waals surface area contributed by atoms with Gasteiger partial charge in [0.1, 0.15) is 18.1 Å². The zero-order chi connectivity index (χ0) is 21.2. The summed E-state index contributed by atoms with van der Waals surface area (Å²) in [6.45, 7) is 3.14. The predicted octanol–water partition coefficient (Wildman–Crippen LogP) is 5.58. The van der Waals surface area contributed by atoms with Crippen molar-refractivity contribution in [3.8, 4) is 11.5 Å². The average Bonchev–Trinajstić information content (AvgIpc) is 2.78. The molecule has 5 nitrogen and oxygen atoms in total. The fourth-order valence-electron chi connectivity index (χ4n) is 2.61. The van der Waals surface area contributed by atoms with Crippen molar-refractivity contribution >= 4 is 28.1 Å². The van der Waals surface area contributed by atoms with E-state index in [0.717, 1.165) is 27.8 Å². The van der Waals surface area contributed by atoms with E-state index in [1.54, 1.807) is 30.5 Å². The Bertz CT molecular complexity index is 986. The summed E-state index contributed by atoms with van der Waals surface area (Å²) in [5.41, 5.74) is 4.89. The third-order valence-corrected chi connectivity index (χ3v) is 4.71. The summed E-state index contributed by atoms with van der Waals surface area (Å²) in [6.07, 6.45) is 2.51. The third kappa shape index (κ3) is 6.46. The Morgan fingerprint density at radius 2 is 1.73 bits per heavy atom. The Kier molecular flexibility index (Phi) is 8.03. The van der Waals surface area contributed by atoms with Gasteiger partial charge in [0.05, 0.1) is 12.8 Å². The molecule has 3 aromatic carbocycles. The van der Waals surface area contributed by atoms with Crippen molar-refractivity contribution in [2.45, 2.75) is 20.0 Å². The van der Waals surface area contributed by atoms with Crippen molar-refractivity contribution in [2.75, 3.05) is 6.61 Å². The van der Waals surface area contributed by atoms with Crippen LogP contribution in [0.25, 0.3) is 0 Å². The van der Waals surface area contributed by atoms with Gasteiger partial charge in [-0.25, -0.2) is 5.43 Å². The molecule has 0 aliphatic rings. The first-order valence-electron chi connectivity index (χ1n) is 9.68. The first-order chi connectivity index (χ1) is 14.7. The Morgan fingerprint density at radius 3 is 2.47 bits per heavy atom. The lowest BCUT2D eigenvalue weighted by Crippen LogP contribution is -2.17. The lowest BCUT2D eigenvalue weighted by Gasteiger charge is -2.09. The van der Waals surface area contributed by atoms with E-state index in [-0.39, 0.29) is 5.91 Å². The monoisotopic (exact) mass is 466 g/mol. The molecule has 30 heavy (non-hydrogen) atoms. The molecule has 0 aliphatic heterocycles. The summed E-state index contributed by atoms with van der Waals surface area (Å²) in [5.74, 6) is 1.14. The summed E-state index contributed by atoms with van der Waals surface area (Å²) in [6, 6.07) is 22.5. The number of benzene rings is 3. The minimum Gasteiger partial charge on any atom is -0.494 e. The van der Waals surface area contributed by atoms with Gasteiger partial charge in [-0.2, -0.15) is 5.10 Å². The van der Waals surface area contributed by atoms with E-state index in [1.165, 1.54) is 0 Å². The summed E-state index contributed by atoms with van der Waals surface area (Å²) in [7, 11) is 0. The van der Waals surface area contributed by atoms with E-state index in [0.29, 0.717) is 24.5 Å². The van der Waals surface area contributed by atoms with Gasteiger partial charge in [0.15, 0.2) is 0 Å². The lowest BCUT2D eigenvalue weighted by atomic mass is 10.2. The highest BCUT2D eigenvalue weighted by molar-refractivity contribution is 9.10. The molecular weight excluding hydrogens is 444 g/mol. The number of halogens is 1. The van der Waals surface area contributed by atoms with Crippen LogP contribution in [-0.2, 0) is 6.61 Å². The summed E-state index contributed by atoms with van der Waals surface area (Å²) in [5, 5.41) is 4.08. The van der Waals surface area contributed by atoms with Crippen molar-refractivity contribution in [1.82, 2.24) is 5.43 Å². The van der Waals surface area contributed by atoms with Gasteiger partial charge >= 0.3 is 0 Å². The van der Waals surface area contributed by atoms with Crippen molar-refractivity contribution < 1.29 is 14.3 Å². The van der Waals surface area contributed by atoms with Crippen LogP contribution in [0, 0.1) is 0 Å². The SMILES string of the molecule is CCCOc1ccc(C(=O)N/N=C/c2ccccc2OCc2ccc(Br)cc2)cc1. The van der Waals surface area contributed by atoms with Gasteiger partial charge in [-0.1, -0.05) is 47.1 Å². The van der Waals surface area contributed by atoms with Crippen LogP contribution in [0.2, 0.25) is 0 Å². The van der Waals surface area contributed by atoms with Gasteiger partial charge in [0.25, 0.3) is 5.91 Å². The smallest absolute Gasteiger partial charge is 0.271 e. The first kappa shape index (κ1) is 21.6. The van der Waals surface area contributed by atoms with Crippen LogP contribution >= 0.6 is 15.9 Å². The van der Waals surface area contributed by atoms with Gasteiger partial charge in [-0.3, -0.25) is 4.79 Å². The standard InChI is InChI=1S/C24H23BrN2O3/c1-2-15-29-22-13-9-19(10-14-22)24(28)27-26-16-20-5-3-4-6-23(20)30-17-18-7-11-21(25)12-8-18/h3-14,16H,2,15,17H2,1H3,(H,27,28)/b26-16+. The topological polar surface area (TPSA) is 59.9 Å². The Balaban J connectivity index is 1.58. The second-order valence-corrected chi connectivity index (χ2v) is 7.44. The molecular formula is C24H23BrN2O3. The fraction of sp³-hybridized carbons (Fsp3) is 0.167. The van der Waals surface area contributed by atoms with Crippen molar-refractivity contribution in [3.63, 3.8) is 0 Å². The maximum atomic E-state index is 12.3. The molecule has 0 saturated carbocycles. The van der Waals surface area contributed by atoms with Gasteiger partial charge in [-0.05, 0) is 60.5 Å². The molecule has 0 bridgehead atoms. The zero-order valence-electron chi connectivity index (χ0n) is 16.7. The summed E-state index contributed by atoms with van der Waals surface area (Å²) < 4.78 is 12.5. The summed E-state index contributed by atoms with van der Waals surface area (Å²) >= 11 is 3.42. The van der Waals surface area contributed by atoms with E-state index in [9.17, 15) is 4.79 Å². The number of ether oxygens (including phenoxy) is 2. The molecule has 0 unspecified atom stereocenters. The van der Waals surface area contributed by atoms with Crippen LogP contribution in [0.5, 0.6) is 11.5 Å². The van der Waals surface area contributed by atoms with Gasteiger partial charge in [0.2, 0.25) is 0 Å². The molecule has 0 aliphatic carbocycles. The fourth-order valence-corrected chi connectivity index (χ4v) is 2.87. The molecule has 3 aromatic rings. The number of hydrazone groups is 1. The van der Waals surface area contributed by atoms with Crippen LogP contribution in [0.4, 0.5) is 0 Å². The molecule has 1 N–H and O–H groups in total. The number of carbonyl (C=O) groups is 1. The van der Waals surface area contributed by atoms with Gasteiger partial charge in [-0.15, -0.1) is 0 Å². The molecule has 0 spiro atoms. The van der Waals surface area contributed by atoms with Crippen molar-refractivity contribution in [1.29, 1.82) is 0 Å². The Hall–Kier alpha value is -3.12. The van der Waals surface area contributed by atoms with Crippen molar-refractivity contribution in [3.05, 3.63) is 94.0 Å². The number of amides is 1. The van der Waals surface area contributed by atoms with Crippen LogP contribution in [-0.4, -0.2) is 18.7 Å². The maximum Gasteiger partial charge on any atom is 0.271 e. The first-order valence-corrected chi connectivity index (χ1v) is 10.5. The molecule has 154 valence electrons. The second-order valence-electron chi connectivity index (χ2n) is 6.52. The van der Waals surface area contributed by atoms with E-state index >= 15 is 0 Å². The number of hydrogen-bond acceptors (Lipinski definition) is 4. The highest BCUT2D eigenvalue weighted by atomic mass is 79.9. The quantitative estimate of drug-likeness (QED) is 0.330. The molecule has 0 aromatic heterocycles. The number of nitrogens with zero attached hydrogens (tertiary/aromatic N) is 1. The highest BCUT2D eigenvalue weighted by Crippen LogP contribution is 2.19. The molecule has 1 amide bonds. The Morgan fingerprint density at radius 1 is 1.00 bits per heavy atom. The number of nitrogens with one attached hydrogen (secondary N) is 1. The van der Waals surface area contributed by atoms with Crippen molar-refractivity contribution in [2.24, 2.45) is 5.10 Å². The van der Waals surface area contributed by atoms with E-state index in [1.807, 2.05) is 55.5 Å². The number of hydrogen-bond donors (Lipinski definition) is 1. The zero-order valence-corrected chi connectivity index (χ0v) is 18.3. The number of carbonyl (C=O) groups excluding carboxylic acids is 1. The molecule has 0 radical (unpaired) electrons. The minimum absolute atomic E-state index is 0.290. The molecule has 0 atom stereocenters. The van der Waals surface area contributed by atoms with E-state index in [4.69, 9.17) is 9.47 Å². The average molecular weight is 467 g/mol. The molecule has 0 heterocycles. The highest BCUT2D eigenvalue weighted by Gasteiger charge is 2.05. The van der Waals surface area contributed by atoms with E-state index < -0.39 is 0 Å². The second kappa shape index (κ2) is 11.2. The van der Waals surface area contributed by atoms with E-state index in [2.05, 4.69) is 26.5 Å². The van der Waals surface area contributed by atoms with Crippen LogP contribution in [0.1, 0.15) is 34.8 Å². The lowest BCUT2D eigenvalue weighted by molar-refractivity contribution is 0.0955.